The summed E-state index contributed by atoms with van der Waals surface area (Å²) in [4.78, 5) is 0.246. The van der Waals surface area contributed by atoms with E-state index in [-0.39, 0.29) is 10.8 Å². The number of rotatable bonds is 5. The van der Waals surface area contributed by atoms with Crippen molar-refractivity contribution >= 4 is 9.84 Å². The second kappa shape index (κ2) is 5.32. The van der Waals surface area contributed by atoms with Gasteiger partial charge in [-0.1, -0.05) is 13.0 Å². The van der Waals surface area contributed by atoms with Crippen molar-refractivity contribution in [2.75, 3.05) is 19.5 Å². The molecule has 0 spiro atoms. The summed E-state index contributed by atoms with van der Waals surface area (Å²) in [5, 5.41) is 2.81. The van der Waals surface area contributed by atoms with Crippen molar-refractivity contribution in [1.29, 1.82) is 0 Å². The van der Waals surface area contributed by atoms with Crippen molar-refractivity contribution in [3.63, 3.8) is 0 Å². The first kappa shape index (κ1) is 13.0. The Labute approximate surface area is 96.5 Å². The molecule has 0 aliphatic heterocycles. The highest BCUT2D eigenvalue weighted by Crippen LogP contribution is 2.25. The molecule has 4 nitrogen and oxygen atoms in total. The molecule has 0 unspecified atom stereocenters. The van der Waals surface area contributed by atoms with Gasteiger partial charge in [0.1, 0.15) is 16.5 Å². The Bertz CT molecular complexity index is 454. The molecule has 16 heavy (non-hydrogen) atoms. The zero-order chi connectivity index (χ0) is 12.2. The molecule has 0 fully saturated rings. The second-order valence-electron chi connectivity index (χ2n) is 3.52. The average Bonchev–Trinajstić information content (AvgIpc) is 2.26. The number of methoxy groups -OCH3 is 1. The summed E-state index contributed by atoms with van der Waals surface area (Å²) in [5.41, 5.74) is 0.899. The number of hydrogen-bond acceptors (Lipinski definition) is 4. The molecular weight excluding hydrogens is 226 g/mol. The molecule has 0 bridgehead atoms. The predicted molar refractivity (Wildman–Crippen MR) is 63.5 cm³/mol. The normalized spacial score (nSPS) is 11.4. The van der Waals surface area contributed by atoms with E-state index in [4.69, 9.17) is 4.74 Å². The third kappa shape index (κ3) is 2.96. The molecule has 90 valence electrons. The minimum absolute atomic E-state index is 0.0662. The summed E-state index contributed by atoms with van der Waals surface area (Å²) in [6.45, 7) is 4.34. The molecule has 5 heteroatoms. The lowest BCUT2D eigenvalue weighted by molar-refractivity contribution is 0.402. The smallest absolute Gasteiger partial charge is 0.194 e. The summed E-state index contributed by atoms with van der Waals surface area (Å²) in [7, 11) is -1.85. The highest BCUT2D eigenvalue weighted by molar-refractivity contribution is 7.91. The fourth-order valence-corrected chi connectivity index (χ4v) is 2.79. The van der Waals surface area contributed by atoms with Crippen LogP contribution in [0.1, 0.15) is 12.5 Å². The molecule has 0 saturated heterocycles. The van der Waals surface area contributed by atoms with Crippen LogP contribution in [-0.4, -0.2) is 27.9 Å². The minimum atomic E-state index is -3.32. The molecule has 1 N–H and O–H groups in total. The lowest BCUT2D eigenvalue weighted by atomic mass is 10.2. The fraction of sp³-hybridized carbons (Fsp3) is 0.455. The van der Waals surface area contributed by atoms with Crippen molar-refractivity contribution in [1.82, 2.24) is 5.32 Å². The Kier molecular flexibility index (Phi) is 4.32. The van der Waals surface area contributed by atoms with Crippen LogP contribution in [0.15, 0.2) is 23.1 Å². The van der Waals surface area contributed by atoms with E-state index in [2.05, 4.69) is 5.32 Å². The van der Waals surface area contributed by atoms with Crippen molar-refractivity contribution in [3.8, 4) is 5.75 Å². The van der Waals surface area contributed by atoms with Crippen LogP contribution in [0.3, 0.4) is 0 Å². The summed E-state index contributed by atoms with van der Waals surface area (Å²) in [5.74, 6) is 0.326. The topological polar surface area (TPSA) is 55.4 Å². The zero-order valence-corrected chi connectivity index (χ0v) is 10.6. The summed E-state index contributed by atoms with van der Waals surface area (Å²) < 4.78 is 29.0. The van der Waals surface area contributed by atoms with Crippen LogP contribution < -0.4 is 10.1 Å². The van der Waals surface area contributed by atoms with E-state index < -0.39 is 9.84 Å². The maximum Gasteiger partial charge on any atom is 0.194 e. The molecule has 0 heterocycles. The molecule has 1 rings (SSSR count). The van der Waals surface area contributed by atoms with Crippen molar-refractivity contribution in [2.24, 2.45) is 0 Å². The van der Waals surface area contributed by atoms with Crippen LogP contribution in [0.25, 0.3) is 0 Å². The summed E-state index contributed by atoms with van der Waals surface area (Å²) in [6, 6.07) is 5.13. The maximum atomic E-state index is 12.0. The third-order valence-corrected chi connectivity index (χ3v) is 3.77. The van der Waals surface area contributed by atoms with Gasteiger partial charge in [0.05, 0.1) is 7.11 Å². The Morgan fingerprint density at radius 3 is 2.62 bits per heavy atom. The number of nitrogens with one attached hydrogen (secondary N) is 1. The lowest BCUT2D eigenvalue weighted by Crippen LogP contribution is -2.23. The SMILES string of the molecule is CCNCS(=O)(=O)c1cc(C)ccc1OC. The van der Waals surface area contributed by atoms with Gasteiger partial charge in [0.25, 0.3) is 0 Å². The molecule has 1 aromatic rings. The quantitative estimate of drug-likeness (QED) is 0.848. The van der Waals surface area contributed by atoms with E-state index in [0.717, 1.165) is 5.56 Å². The fourth-order valence-electron chi connectivity index (χ4n) is 1.34. The zero-order valence-electron chi connectivity index (χ0n) is 9.78. The van der Waals surface area contributed by atoms with Crippen LogP contribution in [-0.2, 0) is 9.84 Å². The largest absolute Gasteiger partial charge is 0.495 e. The Morgan fingerprint density at radius 1 is 1.38 bits per heavy atom. The van der Waals surface area contributed by atoms with E-state index in [0.29, 0.717) is 12.3 Å². The molecule has 0 aliphatic carbocycles. The first-order valence-corrected chi connectivity index (χ1v) is 6.74. The number of aryl methyl sites for hydroxylation is 1. The standard InChI is InChI=1S/C11H17NO3S/c1-4-12-8-16(13,14)11-7-9(2)5-6-10(11)15-3/h5-7,12H,4,8H2,1-3H3. The Hall–Kier alpha value is -1.07. The monoisotopic (exact) mass is 243 g/mol. The van der Waals surface area contributed by atoms with Crippen molar-refractivity contribution in [2.45, 2.75) is 18.7 Å². The van der Waals surface area contributed by atoms with E-state index >= 15 is 0 Å². The van der Waals surface area contributed by atoms with Crippen LogP contribution in [0.2, 0.25) is 0 Å². The van der Waals surface area contributed by atoms with Gasteiger partial charge in [-0.25, -0.2) is 8.42 Å². The third-order valence-electron chi connectivity index (χ3n) is 2.20. The van der Waals surface area contributed by atoms with Crippen molar-refractivity contribution in [3.05, 3.63) is 23.8 Å². The van der Waals surface area contributed by atoms with Gasteiger partial charge in [-0.05, 0) is 31.2 Å². The Balaban J connectivity index is 3.15. The Morgan fingerprint density at radius 2 is 2.06 bits per heavy atom. The van der Waals surface area contributed by atoms with Gasteiger partial charge in [0, 0.05) is 0 Å². The van der Waals surface area contributed by atoms with Gasteiger partial charge in [-0.15, -0.1) is 0 Å². The highest BCUT2D eigenvalue weighted by Gasteiger charge is 2.18. The van der Waals surface area contributed by atoms with Gasteiger partial charge in [0.2, 0.25) is 0 Å². The van der Waals surface area contributed by atoms with Gasteiger partial charge in [-0.3, -0.25) is 0 Å². The molecule has 0 atom stereocenters. The molecule has 0 amide bonds. The highest BCUT2D eigenvalue weighted by atomic mass is 32.2. The first-order chi connectivity index (χ1) is 7.51. The van der Waals surface area contributed by atoms with E-state index in [9.17, 15) is 8.42 Å². The van der Waals surface area contributed by atoms with Crippen LogP contribution in [0.4, 0.5) is 0 Å². The van der Waals surface area contributed by atoms with Gasteiger partial charge in [-0.2, -0.15) is 0 Å². The van der Waals surface area contributed by atoms with Gasteiger partial charge < -0.3 is 10.1 Å². The summed E-state index contributed by atoms with van der Waals surface area (Å²) in [6.07, 6.45) is 0. The summed E-state index contributed by atoms with van der Waals surface area (Å²) >= 11 is 0. The molecule has 0 aliphatic rings. The maximum absolute atomic E-state index is 12.0. The van der Waals surface area contributed by atoms with Gasteiger partial charge >= 0.3 is 0 Å². The number of sulfone groups is 1. The van der Waals surface area contributed by atoms with Crippen LogP contribution in [0, 0.1) is 6.92 Å². The number of ether oxygens (including phenoxy) is 1. The molecule has 0 saturated carbocycles. The van der Waals surface area contributed by atoms with Crippen molar-refractivity contribution < 1.29 is 13.2 Å². The second-order valence-corrected chi connectivity index (χ2v) is 5.47. The molecule has 0 aromatic heterocycles. The molecule has 1 aromatic carbocycles. The number of hydrogen-bond donors (Lipinski definition) is 1. The number of benzene rings is 1. The van der Waals surface area contributed by atoms with E-state index in [1.54, 1.807) is 12.1 Å². The minimum Gasteiger partial charge on any atom is -0.495 e. The van der Waals surface area contributed by atoms with Gasteiger partial charge in [0.15, 0.2) is 9.84 Å². The van der Waals surface area contributed by atoms with Crippen LogP contribution in [0.5, 0.6) is 5.75 Å². The van der Waals surface area contributed by atoms with Crippen LogP contribution >= 0.6 is 0 Å². The first-order valence-electron chi connectivity index (χ1n) is 5.09. The average molecular weight is 243 g/mol. The van der Waals surface area contributed by atoms with E-state index in [1.165, 1.54) is 7.11 Å². The molecule has 0 radical (unpaired) electrons. The lowest BCUT2D eigenvalue weighted by Gasteiger charge is -2.10. The predicted octanol–water partition coefficient (Wildman–Crippen LogP) is 1.34. The molecular formula is C11H17NO3S. The van der Waals surface area contributed by atoms with E-state index in [1.807, 2.05) is 19.9 Å².